The van der Waals surface area contributed by atoms with Crippen LogP contribution < -0.4 is 15.8 Å². The molecule has 0 aliphatic carbocycles. The molecule has 0 aliphatic rings. The fourth-order valence-corrected chi connectivity index (χ4v) is 1.73. The number of nitro benzene ring substituents is 1. The normalized spacial score (nSPS) is 9.96. The number of carbonyl (C=O) groups excluding carboxylic acids is 2. The van der Waals surface area contributed by atoms with Gasteiger partial charge < -0.3 is 10.5 Å². The Morgan fingerprint density at radius 3 is 2.57 bits per heavy atom. The molecule has 23 heavy (non-hydrogen) atoms. The zero-order valence-corrected chi connectivity index (χ0v) is 11.5. The highest BCUT2D eigenvalue weighted by Gasteiger charge is 2.17. The SMILES string of the molecule is NC(=O)c1ccccc1OC(=O)Nc1ccc(F)c([N+](=O)[O-])c1. The van der Waals surface area contributed by atoms with E-state index < -0.39 is 28.4 Å². The van der Waals surface area contributed by atoms with Crippen molar-refractivity contribution >= 4 is 23.4 Å². The van der Waals surface area contributed by atoms with Gasteiger partial charge in [-0.1, -0.05) is 12.1 Å². The summed E-state index contributed by atoms with van der Waals surface area (Å²) in [6.07, 6.45) is -1.01. The van der Waals surface area contributed by atoms with Gasteiger partial charge in [-0.05, 0) is 24.3 Å². The highest BCUT2D eigenvalue weighted by Crippen LogP contribution is 2.22. The quantitative estimate of drug-likeness (QED) is 0.661. The van der Waals surface area contributed by atoms with Crippen molar-refractivity contribution < 1.29 is 23.6 Å². The molecule has 0 bridgehead atoms. The zero-order valence-electron chi connectivity index (χ0n) is 11.5. The topological polar surface area (TPSA) is 125 Å². The number of nitro groups is 1. The number of nitrogens with two attached hydrogens (primary N) is 1. The summed E-state index contributed by atoms with van der Waals surface area (Å²) in [6.45, 7) is 0. The van der Waals surface area contributed by atoms with Gasteiger partial charge in [-0.15, -0.1) is 0 Å². The van der Waals surface area contributed by atoms with E-state index >= 15 is 0 Å². The molecule has 9 heteroatoms. The summed E-state index contributed by atoms with van der Waals surface area (Å²) in [4.78, 5) is 32.7. The number of ether oxygens (including phenoxy) is 1. The Bertz CT molecular complexity index is 794. The van der Waals surface area contributed by atoms with Gasteiger partial charge in [-0.25, -0.2) is 4.79 Å². The molecule has 2 amide bonds. The number of hydrogen-bond acceptors (Lipinski definition) is 5. The van der Waals surface area contributed by atoms with Crippen molar-refractivity contribution in [3.05, 3.63) is 64.0 Å². The van der Waals surface area contributed by atoms with Crippen LogP contribution in [0.1, 0.15) is 10.4 Å². The van der Waals surface area contributed by atoms with E-state index in [1.54, 1.807) is 0 Å². The maximum absolute atomic E-state index is 13.2. The fourth-order valence-electron chi connectivity index (χ4n) is 1.73. The molecule has 0 aromatic heterocycles. The van der Waals surface area contributed by atoms with Crippen LogP contribution in [0.25, 0.3) is 0 Å². The van der Waals surface area contributed by atoms with Gasteiger partial charge in [0.1, 0.15) is 5.75 Å². The molecule has 8 nitrogen and oxygen atoms in total. The molecule has 2 rings (SSSR count). The van der Waals surface area contributed by atoms with Crippen LogP contribution in [0.2, 0.25) is 0 Å². The number of hydrogen-bond donors (Lipinski definition) is 2. The van der Waals surface area contributed by atoms with Crippen LogP contribution in [-0.4, -0.2) is 16.9 Å². The van der Waals surface area contributed by atoms with Gasteiger partial charge in [0, 0.05) is 6.07 Å². The monoisotopic (exact) mass is 319 g/mol. The second kappa shape index (κ2) is 6.52. The maximum Gasteiger partial charge on any atom is 0.417 e. The zero-order chi connectivity index (χ0) is 17.0. The number of benzene rings is 2. The molecule has 0 atom stereocenters. The minimum absolute atomic E-state index is 0.00673. The summed E-state index contributed by atoms with van der Waals surface area (Å²) < 4.78 is 18.1. The number of nitrogens with one attached hydrogen (secondary N) is 1. The summed E-state index contributed by atoms with van der Waals surface area (Å²) in [7, 11) is 0. The molecule has 3 N–H and O–H groups in total. The largest absolute Gasteiger partial charge is 0.417 e. The third kappa shape index (κ3) is 3.79. The number of anilines is 1. The molecule has 0 unspecified atom stereocenters. The Balaban J connectivity index is 2.16. The fraction of sp³-hybridized carbons (Fsp3) is 0. The molecule has 118 valence electrons. The first kappa shape index (κ1) is 15.9. The first-order chi connectivity index (χ1) is 10.9. The molecule has 2 aromatic carbocycles. The van der Waals surface area contributed by atoms with Crippen LogP contribution in [0, 0.1) is 15.9 Å². The summed E-state index contributed by atoms with van der Waals surface area (Å²) in [5, 5.41) is 12.8. The molecule has 0 radical (unpaired) electrons. The van der Waals surface area contributed by atoms with Gasteiger partial charge in [0.05, 0.1) is 16.2 Å². The van der Waals surface area contributed by atoms with E-state index in [1.165, 1.54) is 24.3 Å². The van der Waals surface area contributed by atoms with Crippen LogP contribution in [0.15, 0.2) is 42.5 Å². The number of amides is 2. The van der Waals surface area contributed by atoms with Crippen LogP contribution in [0.5, 0.6) is 5.75 Å². The summed E-state index contributed by atoms with van der Waals surface area (Å²) in [5.41, 5.74) is 4.31. The molecule has 0 heterocycles. The molecule has 0 saturated carbocycles. The van der Waals surface area contributed by atoms with E-state index in [0.717, 1.165) is 18.2 Å². The lowest BCUT2D eigenvalue weighted by atomic mass is 10.2. The predicted octanol–water partition coefficient (Wildman–Crippen LogP) is 2.44. The Hall–Kier alpha value is -3.49. The Kier molecular flexibility index (Phi) is 4.50. The van der Waals surface area contributed by atoms with Crippen molar-refractivity contribution in [2.75, 3.05) is 5.32 Å². The van der Waals surface area contributed by atoms with Gasteiger partial charge >= 0.3 is 11.8 Å². The molecule has 0 aliphatic heterocycles. The Labute approximate surface area is 128 Å². The standard InChI is InChI=1S/C14H10FN3O5/c15-10-6-5-8(7-11(10)18(21)22)17-14(20)23-12-4-2-1-3-9(12)13(16)19/h1-7H,(H2,16,19)(H,17,20). The third-order valence-corrected chi connectivity index (χ3v) is 2.74. The summed E-state index contributed by atoms with van der Waals surface area (Å²) >= 11 is 0. The van der Waals surface area contributed by atoms with E-state index in [0.29, 0.717) is 0 Å². The Morgan fingerprint density at radius 1 is 1.22 bits per heavy atom. The third-order valence-electron chi connectivity index (χ3n) is 2.74. The van der Waals surface area contributed by atoms with Gasteiger partial charge in [0.15, 0.2) is 0 Å². The summed E-state index contributed by atoms with van der Waals surface area (Å²) in [6, 6.07) is 8.59. The van der Waals surface area contributed by atoms with Crippen molar-refractivity contribution in [2.45, 2.75) is 0 Å². The van der Waals surface area contributed by atoms with E-state index in [-0.39, 0.29) is 17.0 Å². The van der Waals surface area contributed by atoms with Crippen molar-refractivity contribution in [2.24, 2.45) is 5.73 Å². The van der Waals surface area contributed by atoms with Crippen molar-refractivity contribution in [1.82, 2.24) is 0 Å². The maximum atomic E-state index is 13.2. The number of rotatable bonds is 4. The summed E-state index contributed by atoms with van der Waals surface area (Å²) in [5.74, 6) is -1.90. The minimum Gasteiger partial charge on any atom is -0.409 e. The molecule has 0 fully saturated rings. The van der Waals surface area contributed by atoms with Crippen molar-refractivity contribution in [1.29, 1.82) is 0 Å². The number of nitrogens with zero attached hydrogens (tertiary/aromatic N) is 1. The lowest BCUT2D eigenvalue weighted by molar-refractivity contribution is -0.387. The predicted molar refractivity (Wildman–Crippen MR) is 77.7 cm³/mol. The average Bonchev–Trinajstić information content (AvgIpc) is 2.49. The van der Waals surface area contributed by atoms with E-state index in [1.807, 2.05) is 0 Å². The number of primary amides is 1. The number of carbonyl (C=O) groups is 2. The van der Waals surface area contributed by atoms with Crippen LogP contribution >= 0.6 is 0 Å². The smallest absolute Gasteiger partial charge is 0.409 e. The highest BCUT2D eigenvalue weighted by molar-refractivity contribution is 5.97. The highest BCUT2D eigenvalue weighted by atomic mass is 19.1. The number of para-hydroxylation sites is 1. The van der Waals surface area contributed by atoms with E-state index in [2.05, 4.69) is 5.32 Å². The van der Waals surface area contributed by atoms with Gasteiger partial charge in [0.2, 0.25) is 5.82 Å². The van der Waals surface area contributed by atoms with Gasteiger partial charge in [0.25, 0.3) is 5.91 Å². The Morgan fingerprint density at radius 2 is 1.91 bits per heavy atom. The first-order valence-corrected chi connectivity index (χ1v) is 6.20. The molecular formula is C14H10FN3O5. The average molecular weight is 319 g/mol. The molecule has 2 aromatic rings. The molecule has 0 spiro atoms. The lowest BCUT2D eigenvalue weighted by Gasteiger charge is -2.09. The molecule has 0 saturated heterocycles. The lowest BCUT2D eigenvalue weighted by Crippen LogP contribution is -2.20. The van der Waals surface area contributed by atoms with Crippen LogP contribution in [-0.2, 0) is 0 Å². The van der Waals surface area contributed by atoms with E-state index in [4.69, 9.17) is 10.5 Å². The number of halogens is 1. The van der Waals surface area contributed by atoms with E-state index in [9.17, 15) is 24.1 Å². The van der Waals surface area contributed by atoms with Crippen molar-refractivity contribution in [3.8, 4) is 5.75 Å². The van der Waals surface area contributed by atoms with Crippen molar-refractivity contribution in [3.63, 3.8) is 0 Å². The second-order valence-corrected chi connectivity index (χ2v) is 4.30. The second-order valence-electron chi connectivity index (χ2n) is 4.30. The first-order valence-electron chi connectivity index (χ1n) is 6.20. The van der Waals surface area contributed by atoms with Crippen LogP contribution in [0.3, 0.4) is 0 Å². The van der Waals surface area contributed by atoms with Gasteiger partial charge in [-0.2, -0.15) is 4.39 Å². The van der Waals surface area contributed by atoms with Crippen LogP contribution in [0.4, 0.5) is 20.6 Å². The van der Waals surface area contributed by atoms with Gasteiger partial charge in [-0.3, -0.25) is 20.2 Å². The molecular weight excluding hydrogens is 309 g/mol. The minimum atomic E-state index is -1.03.